The highest BCUT2D eigenvalue weighted by Crippen LogP contribution is 2.30. The second-order valence-electron chi connectivity index (χ2n) is 5.91. The predicted octanol–water partition coefficient (Wildman–Crippen LogP) is 4.11. The SMILES string of the molecule is CNC(C)c1cccc2c1ccn2CC1CCCC1. The van der Waals surface area contributed by atoms with E-state index in [0.29, 0.717) is 6.04 Å². The Morgan fingerprint density at radius 1 is 1.26 bits per heavy atom. The lowest BCUT2D eigenvalue weighted by molar-refractivity contribution is 0.466. The van der Waals surface area contributed by atoms with Crippen molar-refractivity contribution >= 4 is 10.9 Å². The van der Waals surface area contributed by atoms with Crippen molar-refractivity contribution in [3.05, 3.63) is 36.0 Å². The number of aromatic nitrogens is 1. The predicted molar refractivity (Wildman–Crippen MR) is 81.4 cm³/mol. The highest BCUT2D eigenvalue weighted by Gasteiger charge is 2.17. The van der Waals surface area contributed by atoms with E-state index in [9.17, 15) is 0 Å². The summed E-state index contributed by atoms with van der Waals surface area (Å²) in [5.41, 5.74) is 2.80. The molecule has 0 aliphatic heterocycles. The summed E-state index contributed by atoms with van der Waals surface area (Å²) in [5.74, 6) is 0.890. The van der Waals surface area contributed by atoms with Gasteiger partial charge in [0.25, 0.3) is 0 Å². The van der Waals surface area contributed by atoms with Crippen LogP contribution in [-0.2, 0) is 6.54 Å². The molecule has 1 saturated carbocycles. The van der Waals surface area contributed by atoms with Gasteiger partial charge in [-0.25, -0.2) is 0 Å². The lowest BCUT2D eigenvalue weighted by Gasteiger charge is -2.14. The van der Waals surface area contributed by atoms with Gasteiger partial charge in [0.05, 0.1) is 0 Å². The number of nitrogens with zero attached hydrogens (tertiary/aromatic N) is 1. The van der Waals surface area contributed by atoms with E-state index in [1.165, 1.54) is 48.7 Å². The average molecular weight is 256 g/mol. The number of fused-ring (bicyclic) bond motifs is 1. The Balaban J connectivity index is 1.94. The average Bonchev–Trinajstić information content (AvgIpc) is 3.08. The van der Waals surface area contributed by atoms with Crippen molar-refractivity contribution < 1.29 is 0 Å². The van der Waals surface area contributed by atoms with Crippen molar-refractivity contribution in [2.24, 2.45) is 5.92 Å². The molecule has 1 unspecified atom stereocenters. The molecule has 2 nitrogen and oxygen atoms in total. The first-order valence-corrected chi connectivity index (χ1v) is 7.54. The molecule has 1 aromatic carbocycles. The summed E-state index contributed by atoms with van der Waals surface area (Å²) >= 11 is 0. The molecular formula is C17H24N2. The zero-order chi connectivity index (χ0) is 13.2. The molecule has 2 heteroatoms. The monoisotopic (exact) mass is 256 g/mol. The fourth-order valence-corrected chi connectivity index (χ4v) is 3.41. The Hall–Kier alpha value is -1.28. The fourth-order valence-electron chi connectivity index (χ4n) is 3.41. The van der Waals surface area contributed by atoms with E-state index in [0.717, 1.165) is 5.92 Å². The van der Waals surface area contributed by atoms with Gasteiger partial charge in [0.15, 0.2) is 0 Å². The molecule has 1 aromatic heterocycles. The first-order valence-electron chi connectivity index (χ1n) is 7.54. The molecule has 1 fully saturated rings. The Morgan fingerprint density at radius 3 is 2.79 bits per heavy atom. The second-order valence-corrected chi connectivity index (χ2v) is 5.91. The normalized spacial score (nSPS) is 18.2. The van der Waals surface area contributed by atoms with Crippen LogP contribution in [0.3, 0.4) is 0 Å². The standard InChI is InChI=1S/C17H24N2/c1-13(18-2)15-8-5-9-17-16(15)10-11-19(17)12-14-6-3-4-7-14/h5,8-11,13-14,18H,3-4,6-7,12H2,1-2H3. The molecule has 1 N–H and O–H groups in total. The van der Waals surface area contributed by atoms with E-state index >= 15 is 0 Å². The van der Waals surface area contributed by atoms with E-state index in [1.54, 1.807) is 0 Å². The van der Waals surface area contributed by atoms with E-state index in [4.69, 9.17) is 0 Å². The lowest BCUT2D eigenvalue weighted by Crippen LogP contribution is -2.12. The van der Waals surface area contributed by atoms with Crippen LogP contribution < -0.4 is 5.32 Å². The van der Waals surface area contributed by atoms with Crippen LogP contribution in [0.15, 0.2) is 30.5 Å². The second kappa shape index (κ2) is 5.38. The first-order chi connectivity index (χ1) is 9.29. The van der Waals surface area contributed by atoms with Crippen molar-refractivity contribution in [2.75, 3.05) is 7.05 Å². The van der Waals surface area contributed by atoms with Gasteiger partial charge in [0.2, 0.25) is 0 Å². The molecular weight excluding hydrogens is 232 g/mol. The van der Waals surface area contributed by atoms with E-state index in [2.05, 4.69) is 47.3 Å². The number of benzene rings is 1. The number of hydrogen-bond donors (Lipinski definition) is 1. The van der Waals surface area contributed by atoms with Gasteiger partial charge in [-0.1, -0.05) is 25.0 Å². The minimum atomic E-state index is 0.408. The third-order valence-corrected chi connectivity index (χ3v) is 4.68. The van der Waals surface area contributed by atoms with Crippen LogP contribution in [0, 0.1) is 5.92 Å². The summed E-state index contributed by atoms with van der Waals surface area (Å²) in [4.78, 5) is 0. The van der Waals surface area contributed by atoms with Crippen LogP contribution in [0.2, 0.25) is 0 Å². The quantitative estimate of drug-likeness (QED) is 0.871. The van der Waals surface area contributed by atoms with Crippen molar-refractivity contribution in [1.29, 1.82) is 0 Å². The van der Waals surface area contributed by atoms with Gasteiger partial charge < -0.3 is 9.88 Å². The molecule has 19 heavy (non-hydrogen) atoms. The molecule has 3 rings (SSSR count). The van der Waals surface area contributed by atoms with E-state index < -0.39 is 0 Å². The van der Waals surface area contributed by atoms with Crippen LogP contribution in [0.25, 0.3) is 10.9 Å². The number of rotatable bonds is 4. The van der Waals surface area contributed by atoms with Crippen molar-refractivity contribution in [3.63, 3.8) is 0 Å². The third-order valence-electron chi connectivity index (χ3n) is 4.68. The molecule has 0 spiro atoms. The molecule has 0 saturated heterocycles. The van der Waals surface area contributed by atoms with Crippen molar-refractivity contribution in [1.82, 2.24) is 9.88 Å². The summed E-state index contributed by atoms with van der Waals surface area (Å²) in [6.45, 7) is 3.42. The minimum absolute atomic E-state index is 0.408. The molecule has 1 aliphatic rings. The Bertz CT molecular complexity index is 549. The highest BCUT2D eigenvalue weighted by atomic mass is 15.0. The van der Waals surface area contributed by atoms with E-state index in [1.807, 2.05) is 7.05 Å². The molecule has 2 aromatic rings. The topological polar surface area (TPSA) is 17.0 Å². The summed E-state index contributed by atoms with van der Waals surface area (Å²) in [6, 6.07) is 9.38. The van der Waals surface area contributed by atoms with Gasteiger partial charge in [-0.05, 0) is 50.4 Å². The van der Waals surface area contributed by atoms with Gasteiger partial charge >= 0.3 is 0 Å². The minimum Gasteiger partial charge on any atom is -0.347 e. The number of hydrogen-bond acceptors (Lipinski definition) is 1. The van der Waals surface area contributed by atoms with Crippen LogP contribution >= 0.6 is 0 Å². The van der Waals surface area contributed by atoms with E-state index in [-0.39, 0.29) is 0 Å². The van der Waals surface area contributed by atoms with Crippen LogP contribution in [0.1, 0.15) is 44.2 Å². The molecule has 1 aliphatic carbocycles. The zero-order valence-electron chi connectivity index (χ0n) is 12.0. The zero-order valence-corrected chi connectivity index (χ0v) is 12.0. The van der Waals surface area contributed by atoms with Gasteiger partial charge in [-0.15, -0.1) is 0 Å². The third kappa shape index (κ3) is 2.42. The van der Waals surface area contributed by atoms with Crippen LogP contribution in [0.4, 0.5) is 0 Å². The molecule has 0 bridgehead atoms. The lowest BCUT2D eigenvalue weighted by atomic mass is 10.0. The van der Waals surface area contributed by atoms with Crippen molar-refractivity contribution in [3.8, 4) is 0 Å². The molecule has 0 radical (unpaired) electrons. The van der Waals surface area contributed by atoms with Gasteiger partial charge in [-0.2, -0.15) is 0 Å². The molecule has 1 heterocycles. The maximum Gasteiger partial charge on any atom is 0.0483 e. The molecule has 102 valence electrons. The Labute approximate surface area is 115 Å². The molecule has 0 amide bonds. The van der Waals surface area contributed by atoms with Gasteiger partial charge in [0, 0.05) is 29.7 Å². The van der Waals surface area contributed by atoms with Gasteiger partial charge in [0.1, 0.15) is 0 Å². The summed E-state index contributed by atoms with van der Waals surface area (Å²) in [7, 11) is 2.03. The summed E-state index contributed by atoms with van der Waals surface area (Å²) in [6.07, 6.45) is 7.94. The molecule has 1 atom stereocenters. The first kappa shape index (κ1) is 12.7. The largest absolute Gasteiger partial charge is 0.347 e. The van der Waals surface area contributed by atoms with Gasteiger partial charge in [-0.3, -0.25) is 0 Å². The maximum atomic E-state index is 3.35. The van der Waals surface area contributed by atoms with Crippen LogP contribution in [0.5, 0.6) is 0 Å². The fraction of sp³-hybridized carbons (Fsp3) is 0.529. The highest BCUT2D eigenvalue weighted by molar-refractivity contribution is 5.84. The number of nitrogens with one attached hydrogen (secondary N) is 1. The van der Waals surface area contributed by atoms with Crippen molar-refractivity contribution in [2.45, 2.75) is 45.2 Å². The summed E-state index contributed by atoms with van der Waals surface area (Å²) in [5, 5.41) is 4.75. The summed E-state index contributed by atoms with van der Waals surface area (Å²) < 4.78 is 2.46. The Morgan fingerprint density at radius 2 is 2.05 bits per heavy atom. The van der Waals surface area contributed by atoms with Crippen LogP contribution in [-0.4, -0.2) is 11.6 Å². The maximum absolute atomic E-state index is 3.35. The smallest absolute Gasteiger partial charge is 0.0483 e. The Kier molecular flexibility index (Phi) is 3.61.